The first-order chi connectivity index (χ1) is 17.3. The zero-order chi connectivity index (χ0) is 27.7. The maximum atomic E-state index is 10.2. The van der Waals surface area contributed by atoms with E-state index in [-0.39, 0.29) is 85.2 Å². The number of carboxylic acids is 2. The Morgan fingerprint density at radius 3 is 1.13 bits per heavy atom. The van der Waals surface area contributed by atoms with E-state index in [9.17, 15) is 19.8 Å². The minimum absolute atomic E-state index is 0. The van der Waals surface area contributed by atoms with Crippen LogP contribution < -0.4 is 69.3 Å². The number of allylic oxidation sites excluding steroid dienone is 2. The molecule has 0 heterocycles. The maximum absolute atomic E-state index is 10.2. The molecule has 9 heteroatoms. The molecule has 0 aromatic heterocycles. The molecule has 216 valence electrons. The van der Waals surface area contributed by atoms with Crippen molar-refractivity contribution >= 4 is 11.9 Å². The Morgan fingerprint density at radius 1 is 0.579 bits per heavy atom. The van der Waals surface area contributed by atoms with Gasteiger partial charge >= 0.3 is 59.1 Å². The molecule has 0 saturated carbocycles. The third-order valence-electron chi connectivity index (χ3n) is 5.55. The summed E-state index contributed by atoms with van der Waals surface area (Å²) < 4.78 is 0. The minimum atomic E-state index is -0.954. The van der Waals surface area contributed by atoms with Gasteiger partial charge in [0.2, 0.25) is 0 Å². The Labute approximate surface area is 277 Å². The second-order valence-electron chi connectivity index (χ2n) is 9.26. The third-order valence-corrected chi connectivity index (χ3v) is 5.55. The van der Waals surface area contributed by atoms with Crippen molar-refractivity contribution in [1.29, 1.82) is 0 Å². The van der Waals surface area contributed by atoms with Crippen LogP contribution in [0.5, 0.6) is 0 Å². The van der Waals surface area contributed by atoms with Crippen LogP contribution in [0.2, 0.25) is 0 Å². The van der Waals surface area contributed by atoms with E-state index >= 15 is 0 Å². The van der Waals surface area contributed by atoms with Gasteiger partial charge in [0.25, 0.3) is 0 Å². The Morgan fingerprint density at radius 2 is 0.868 bits per heavy atom. The first-order valence-corrected chi connectivity index (χ1v) is 14.3. The number of unbranched alkanes of at least 4 members (excludes halogenated alkanes) is 15. The number of carboxylic acid groups (broad SMARTS) is 2. The molecule has 38 heavy (non-hydrogen) atoms. The molecule has 0 radical (unpaired) electrons. The van der Waals surface area contributed by atoms with E-state index in [0.29, 0.717) is 0 Å². The van der Waals surface area contributed by atoms with E-state index < -0.39 is 18.0 Å². The van der Waals surface area contributed by atoms with Crippen LogP contribution in [0.15, 0.2) is 12.2 Å². The number of hydrogen-bond acceptors (Lipinski definition) is 7. The van der Waals surface area contributed by atoms with Crippen molar-refractivity contribution in [3.63, 3.8) is 0 Å². The molecular weight excluding hydrogens is 506 g/mol. The fourth-order valence-electron chi connectivity index (χ4n) is 3.27. The van der Waals surface area contributed by atoms with Crippen LogP contribution in [0.1, 0.15) is 142 Å². The van der Waals surface area contributed by atoms with Gasteiger partial charge in [-0.15, -0.1) is 0 Å². The summed E-state index contributed by atoms with van der Waals surface area (Å²) in [6.45, 7) is 3.66. The zero-order valence-corrected chi connectivity index (χ0v) is 29.3. The van der Waals surface area contributed by atoms with Crippen LogP contribution in [-0.2, 0) is 9.59 Å². The number of aliphatic carboxylic acids is 2. The van der Waals surface area contributed by atoms with Crippen LogP contribution in [0.4, 0.5) is 0 Å². The van der Waals surface area contributed by atoms with E-state index in [1.165, 1.54) is 77.0 Å². The summed E-state index contributed by atoms with van der Waals surface area (Å²) in [5.74, 6) is -1.83. The summed E-state index contributed by atoms with van der Waals surface area (Å²) in [6, 6.07) is 0. The van der Waals surface area contributed by atoms with Crippen molar-refractivity contribution in [3.05, 3.63) is 12.2 Å². The Kier molecular flexibility index (Phi) is 56.7. The molecule has 0 fully saturated rings. The maximum Gasteiger partial charge on any atom is 1.00 e. The largest absolute Gasteiger partial charge is 1.00 e. The SMILES string of the molecule is CCCCCCCC(=O)[O-].CCCCCCCC/C=C\CCCCCCCC(=O)[O-].OCC(O)CO.[Na+].[Na+]. The molecule has 0 aliphatic carbocycles. The van der Waals surface area contributed by atoms with Crippen molar-refractivity contribution in [2.24, 2.45) is 0 Å². The van der Waals surface area contributed by atoms with Crippen molar-refractivity contribution in [2.75, 3.05) is 13.2 Å². The Bertz CT molecular complexity index is 474. The van der Waals surface area contributed by atoms with Crippen LogP contribution in [0, 0.1) is 0 Å². The number of carbonyl (C=O) groups is 2. The second kappa shape index (κ2) is 44.6. The number of aliphatic hydroxyl groups excluding tert-OH is 3. The second-order valence-corrected chi connectivity index (χ2v) is 9.26. The molecule has 0 atom stereocenters. The Balaban J connectivity index is -0.000000169. The van der Waals surface area contributed by atoms with Gasteiger partial charge in [-0.2, -0.15) is 0 Å². The third kappa shape index (κ3) is 56.7. The van der Waals surface area contributed by atoms with Gasteiger partial charge in [0.05, 0.1) is 13.2 Å². The summed E-state index contributed by atoms with van der Waals surface area (Å²) in [4.78, 5) is 20.1. The molecule has 0 saturated heterocycles. The van der Waals surface area contributed by atoms with Crippen LogP contribution in [-0.4, -0.2) is 46.6 Å². The van der Waals surface area contributed by atoms with E-state index in [1.807, 2.05) is 0 Å². The topological polar surface area (TPSA) is 141 Å². The van der Waals surface area contributed by atoms with Gasteiger partial charge in [0.1, 0.15) is 6.10 Å². The number of rotatable bonds is 23. The molecular formula is C29H56Na2O7. The number of hydrogen-bond donors (Lipinski definition) is 3. The molecule has 7 nitrogen and oxygen atoms in total. The first kappa shape index (κ1) is 48.3. The molecule has 0 aliphatic heterocycles. The average molecular weight is 563 g/mol. The summed E-state index contributed by atoms with van der Waals surface area (Å²) in [5, 5.41) is 44.2. The quantitative estimate of drug-likeness (QED) is 0.0759. The van der Waals surface area contributed by atoms with Crippen LogP contribution in [0.3, 0.4) is 0 Å². The summed E-state index contributed by atoms with van der Waals surface area (Å²) in [7, 11) is 0. The smallest absolute Gasteiger partial charge is 0.550 e. The Hall–Kier alpha value is 0.560. The van der Waals surface area contributed by atoms with E-state index in [1.54, 1.807) is 0 Å². The monoisotopic (exact) mass is 562 g/mol. The van der Waals surface area contributed by atoms with Gasteiger partial charge in [-0.25, -0.2) is 0 Å². The molecule has 0 spiro atoms. The van der Waals surface area contributed by atoms with Crippen molar-refractivity contribution < 1.29 is 94.2 Å². The van der Waals surface area contributed by atoms with Gasteiger partial charge in [-0.1, -0.05) is 103 Å². The molecule has 0 aromatic rings. The fraction of sp³-hybridized carbons (Fsp3) is 0.862. The summed E-state index contributed by atoms with van der Waals surface area (Å²) >= 11 is 0. The fourth-order valence-corrected chi connectivity index (χ4v) is 3.27. The van der Waals surface area contributed by atoms with E-state index in [4.69, 9.17) is 15.3 Å². The van der Waals surface area contributed by atoms with Crippen molar-refractivity contribution in [3.8, 4) is 0 Å². The first-order valence-electron chi connectivity index (χ1n) is 14.3. The van der Waals surface area contributed by atoms with E-state index in [2.05, 4.69) is 26.0 Å². The predicted octanol–water partition coefficient (Wildman–Crippen LogP) is -1.79. The molecule has 0 unspecified atom stereocenters. The summed E-state index contributed by atoms with van der Waals surface area (Å²) in [5.41, 5.74) is 0. The van der Waals surface area contributed by atoms with Gasteiger partial charge in [0, 0.05) is 11.9 Å². The molecule has 0 aromatic carbocycles. The van der Waals surface area contributed by atoms with E-state index in [0.717, 1.165) is 38.5 Å². The number of carbonyl (C=O) groups excluding carboxylic acids is 2. The van der Waals surface area contributed by atoms with Gasteiger partial charge < -0.3 is 35.1 Å². The van der Waals surface area contributed by atoms with Crippen LogP contribution >= 0.6 is 0 Å². The zero-order valence-electron chi connectivity index (χ0n) is 25.3. The minimum Gasteiger partial charge on any atom is -0.550 e. The van der Waals surface area contributed by atoms with Crippen molar-refractivity contribution in [1.82, 2.24) is 0 Å². The normalized spacial score (nSPS) is 10.1. The molecule has 0 aliphatic rings. The van der Waals surface area contributed by atoms with Crippen LogP contribution in [0.25, 0.3) is 0 Å². The molecule has 0 amide bonds. The average Bonchev–Trinajstić information content (AvgIpc) is 2.86. The summed E-state index contributed by atoms with van der Waals surface area (Å²) in [6.07, 6.45) is 25.6. The van der Waals surface area contributed by atoms with Gasteiger partial charge in [-0.3, -0.25) is 0 Å². The predicted molar refractivity (Wildman–Crippen MR) is 143 cm³/mol. The molecule has 0 bridgehead atoms. The standard InChI is InChI=1S/C18H34O2.C8H16O2.C3H8O3.2Na/c1-2-3-4-5-6-7-8-9-10-11-12-13-14-15-16-17-18(19)20;1-2-3-4-5-6-7-8(9)10;4-1-3(6)2-5;;/h9-10H,2-8,11-17H2,1H3,(H,19,20);2-7H2,1H3,(H,9,10);3-6H,1-2H2;;/q;;;2*+1/p-2/b10-9-;;;;. The number of aliphatic hydroxyl groups is 3. The molecule has 3 N–H and O–H groups in total. The molecule has 0 rings (SSSR count). The van der Waals surface area contributed by atoms with Gasteiger partial charge in [-0.05, 0) is 51.4 Å². The van der Waals surface area contributed by atoms with Crippen molar-refractivity contribution in [2.45, 2.75) is 148 Å². The van der Waals surface area contributed by atoms with Gasteiger partial charge in [0.15, 0.2) is 0 Å².